The minimum absolute atomic E-state index is 0.215. The minimum atomic E-state index is -0.961. The summed E-state index contributed by atoms with van der Waals surface area (Å²) in [4.78, 5) is 19.4. The lowest BCUT2D eigenvalue weighted by atomic mass is 9.91. The molecule has 1 saturated heterocycles. The number of aromatic nitrogens is 2. The molecule has 1 fully saturated rings. The number of carboxylic acid groups (broad SMARTS) is 1. The van der Waals surface area contributed by atoms with E-state index in [1.54, 1.807) is 6.20 Å². The van der Waals surface area contributed by atoms with Gasteiger partial charge in [0.1, 0.15) is 10.7 Å². The number of carboxylic acids is 1. The van der Waals surface area contributed by atoms with E-state index < -0.39 is 5.97 Å². The monoisotopic (exact) mass is 304 g/mol. The summed E-state index contributed by atoms with van der Waals surface area (Å²) in [6, 6.07) is 4.07. The summed E-state index contributed by atoms with van der Waals surface area (Å²) in [6.45, 7) is 2.09. The van der Waals surface area contributed by atoms with Crippen molar-refractivity contribution in [2.45, 2.75) is 18.8 Å². The molecule has 0 unspecified atom stereocenters. The van der Waals surface area contributed by atoms with Crippen LogP contribution < -0.4 is 10.6 Å². The summed E-state index contributed by atoms with van der Waals surface area (Å²) in [5.41, 5.74) is 1.27. The maximum Gasteiger partial charge on any atom is 0.347 e. The molecule has 3 N–H and O–H groups in total. The van der Waals surface area contributed by atoms with E-state index in [0.29, 0.717) is 16.9 Å². The maximum absolute atomic E-state index is 10.8. The van der Waals surface area contributed by atoms with Crippen LogP contribution in [0.15, 0.2) is 24.5 Å². The highest BCUT2D eigenvalue weighted by atomic mass is 32.1. The van der Waals surface area contributed by atoms with Gasteiger partial charge >= 0.3 is 5.97 Å². The van der Waals surface area contributed by atoms with E-state index in [-0.39, 0.29) is 4.88 Å². The fraction of sp³-hybridized carbons (Fsp3) is 0.357. The van der Waals surface area contributed by atoms with Gasteiger partial charge in [-0.3, -0.25) is 0 Å². The second kappa shape index (κ2) is 6.19. The van der Waals surface area contributed by atoms with Crippen molar-refractivity contribution < 1.29 is 9.90 Å². The first-order valence-corrected chi connectivity index (χ1v) is 7.67. The molecule has 6 nitrogen and oxygen atoms in total. The van der Waals surface area contributed by atoms with Crippen molar-refractivity contribution in [2.75, 3.05) is 18.4 Å². The van der Waals surface area contributed by atoms with Crippen LogP contribution in [0.2, 0.25) is 0 Å². The summed E-state index contributed by atoms with van der Waals surface area (Å²) in [5, 5.41) is 15.9. The highest BCUT2D eigenvalue weighted by Gasteiger charge is 2.16. The number of hydrogen-bond donors (Lipinski definition) is 3. The molecule has 21 heavy (non-hydrogen) atoms. The number of nitrogens with zero attached hydrogens (tertiary/aromatic N) is 2. The van der Waals surface area contributed by atoms with Gasteiger partial charge in [-0.05, 0) is 49.5 Å². The second-order valence-corrected chi connectivity index (χ2v) is 5.99. The SMILES string of the molecule is O=C(O)c1cnc(Nc2cc(C3CCNCC3)ccn2)s1. The van der Waals surface area contributed by atoms with Crippen molar-refractivity contribution in [1.29, 1.82) is 0 Å². The average Bonchev–Trinajstić information content (AvgIpc) is 2.97. The first kappa shape index (κ1) is 14.0. The Balaban J connectivity index is 1.74. The zero-order valence-corrected chi connectivity index (χ0v) is 12.2. The normalized spacial score (nSPS) is 15.8. The Morgan fingerprint density at radius 2 is 2.19 bits per heavy atom. The molecule has 0 atom stereocenters. The van der Waals surface area contributed by atoms with Crippen LogP contribution in [0.3, 0.4) is 0 Å². The summed E-state index contributed by atoms with van der Waals surface area (Å²) in [7, 11) is 0. The zero-order chi connectivity index (χ0) is 14.7. The van der Waals surface area contributed by atoms with E-state index >= 15 is 0 Å². The predicted molar refractivity (Wildman–Crippen MR) is 81.4 cm³/mol. The molecule has 2 aromatic heterocycles. The molecular weight excluding hydrogens is 288 g/mol. The summed E-state index contributed by atoms with van der Waals surface area (Å²) < 4.78 is 0. The number of rotatable bonds is 4. The van der Waals surface area contributed by atoms with E-state index in [4.69, 9.17) is 5.11 Å². The van der Waals surface area contributed by atoms with Gasteiger partial charge in [0.2, 0.25) is 0 Å². The minimum Gasteiger partial charge on any atom is -0.477 e. The van der Waals surface area contributed by atoms with Crippen LogP contribution in [0.4, 0.5) is 10.9 Å². The van der Waals surface area contributed by atoms with Crippen LogP contribution in [0.25, 0.3) is 0 Å². The lowest BCUT2D eigenvalue weighted by Crippen LogP contribution is -2.26. The third-order valence-electron chi connectivity index (χ3n) is 3.55. The van der Waals surface area contributed by atoms with Gasteiger partial charge in [-0.15, -0.1) is 0 Å². The van der Waals surface area contributed by atoms with Gasteiger partial charge in [-0.1, -0.05) is 11.3 Å². The first-order chi connectivity index (χ1) is 10.2. The molecule has 0 amide bonds. The van der Waals surface area contributed by atoms with Crippen molar-refractivity contribution >= 4 is 28.3 Å². The largest absolute Gasteiger partial charge is 0.477 e. The molecule has 0 aromatic carbocycles. The highest BCUT2D eigenvalue weighted by molar-refractivity contribution is 7.17. The van der Waals surface area contributed by atoms with Gasteiger partial charge < -0.3 is 15.7 Å². The van der Waals surface area contributed by atoms with Gasteiger partial charge in [0.25, 0.3) is 0 Å². The summed E-state index contributed by atoms with van der Waals surface area (Å²) in [6.07, 6.45) is 5.39. The van der Waals surface area contributed by atoms with Crippen LogP contribution in [0, 0.1) is 0 Å². The van der Waals surface area contributed by atoms with Crippen molar-refractivity contribution in [2.24, 2.45) is 0 Å². The maximum atomic E-state index is 10.8. The van der Waals surface area contributed by atoms with Gasteiger partial charge in [0.15, 0.2) is 5.13 Å². The molecule has 0 aliphatic carbocycles. The smallest absolute Gasteiger partial charge is 0.347 e. The molecule has 0 radical (unpaired) electrons. The molecule has 1 aliphatic rings. The number of hydrogen-bond acceptors (Lipinski definition) is 6. The molecule has 3 heterocycles. The predicted octanol–water partition coefficient (Wildman–Crippen LogP) is 2.45. The Morgan fingerprint density at radius 3 is 2.90 bits per heavy atom. The Hall–Kier alpha value is -1.99. The van der Waals surface area contributed by atoms with Crippen molar-refractivity contribution in [1.82, 2.24) is 15.3 Å². The van der Waals surface area contributed by atoms with Crippen LogP contribution in [0.5, 0.6) is 0 Å². The number of thiazole rings is 1. The Labute approximate surface area is 126 Å². The Bertz CT molecular complexity index is 637. The number of anilines is 2. The molecule has 2 aromatic rings. The summed E-state index contributed by atoms with van der Waals surface area (Å²) >= 11 is 1.11. The van der Waals surface area contributed by atoms with E-state index in [9.17, 15) is 4.79 Å². The van der Waals surface area contributed by atoms with E-state index in [2.05, 4.69) is 20.6 Å². The molecule has 7 heteroatoms. The van der Waals surface area contributed by atoms with Crippen molar-refractivity contribution in [3.8, 4) is 0 Å². The molecule has 1 aliphatic heterocycles. The molecule has 0 bridgehead atoms. The first-order valence-electron chi connectivity index (χ1n) is 6.85. The van der Waals surface area contributed by atoms with Crippen LogP contribution in [0.1, 0.15) is 34.0 Å². The quantitative estimate of drug-likeness (QED) is 0.804. The lowest BCUT2D eigenvalue weighted by Gasteiger charge is -2.23. The topological polar surface area (TPSA) is 87.1 Å². The zero-order valence-electron chi connectivity index (χ0n) is 11.4. The standard InChI is InChI=1S/C14H16N4O2S/c19-13(20)11-8-17-14(21-11)18-12-7-10(3-6-16-12)9-1-4-15-5-2-9/h3,6-9,15H,1-2,4-5H2,(H,19,20)(H,16,17,18). The number of nitrogens with one attached hydrogen (secondary N) is 2. The van der Waals surface area contributed by atoms with Gasteiger partial charge in [0.05, 0.1) is 6.20 Å². The fourth-order valence-electron chi connectivity index (χ4n) is 2.46. The molecule has 110 valence electrons. The molecule has 0 spiro atoms. The van der Waals surface area contributed by atoms with Gasteiger partial charge in [0, 0.05) is 6.20 Å². The van der Waals surface area contributed by atoms with Gasteiger partial charge in [-0.2, -0.15) is 0 Å². The Kier molecular flexibility index (Phi) is 4.12. The van der Waals surface area contributed by atoms with Gasteiger partial charge in [-0.25, -0.2) is 14.8 Å². The van der Waals surface area contributed by atoms with E-state index in [0.717, 1.165) is 37.3 Å². The lowest BCUT2D eigenvalue weighted by molar-refractivity contribution is 0.0702. The van der Waals surface area contributed by atoms with E-state index in [1.807, 2.05) is 12.1 Å². The number of pyridine rings is 1. The van der Waals surface area contributed by atoms with Crippen molar-refractivity contribution in [3.63, 3.8) is 0 Å². The molecule has 3 rings (SSSR count). The van der Waals surface area contributed by atoms with Crippen molar-refractivity contribution in [3.05, 3.63) is 35.0 Å². The summed E-state index contributed by atoms with van der Waals surface area (Å²) in [5.74, 6) is 0.301. The van der Waals surface area contributed by atoms with Crippen LogP contribution >= 0.6 is 11.3 Å². The van der Waals surface area contributed by atoms with E-state index in [1.165, 1.54) is 11.8 Å². The average molecular weight is 304 g/mol. The number of piperidine rings is 1. The Morgan fingerprint density at radius 1 is 1.38 bits per heavy atom. The highest BCUT2D eigenvalue weighted by Crippen LogP contribution is 2.28. The fourth-order valence-corrected chi connectivity index (χ4v) is 3.13. The molecular formula is C14H16N4O2S. The third kappa shape index (κ3) is 3.37. The third-order valence-corrected chi connectivity index (χ3v) is 4.45. The number of aromatic carboxylic acids is 1. The van der Waals surface area contributed by atoms with Crippen LogP contribution in [-0.4, -0.2) is 34.1 Å². The molecule has 0 saturated carbocycles. The second-order valence-electron chi connectivity index (χ2n) is 4.96. The number of carbonyl (C=O) groups is 1. The van der Waals surface area contributed by atoms with Crippen LogP contribution in [-0.2, 0) is 0 Å².